The highest BCUT2D eigenvalue weighted by atomic mass is 32.2. The number of hydrogen-bond acceptors (Lipinski definition) is 5. The lowest BCUT2D eigenvalue weighted by atomic mass is 10.1. The van der Waals surface area contributed by atoms with Gasteiger partial charge in [0.2, 0.25) is 10.0 Å². The number of nitrogens with zero attached hydrogens (tertiary/aromatic N) is 1. The molecule has 0 spiro atoms. The van der Waals surface area contributed by atoms with E-state index in [1.807, 2.05) is 19.1 Å². The van der Waals surface area contributed by atoms with Gasteiger partial charge in [-0.15, -0.1) is 0 Å². The van der Waals surface area contributed by atoms with Gasteiger partial charge in [-0.3, -0.25) is 9.03 Å². The standard InChI is InChI=1S/C21H22N2O5S2/c1-2-28-20-12-13-21(19-7-4-3-6-18(19)20)30(26,27)22-16-8-10-17(11-9-16)23-14-5-15-29(23,24)25/h3-4,6-13,22H,2,5,14-15H2,1H3. The van der Waals surface area contributed by atoms with Crippen molar-refractivity contribution in [3.05, 3.63) is 60.7 Å². The van der Waals surface area contributed by atoms with Crippen LogP contribution in [0, 0.1) is 0 Å². The smallest absolute Gasteiger partial charge is 0.262 e. The topological polar surface area (TPSA) is 92.8 Å². The Morgan fingerprint density at radius 3 is 2.33 bits per heavy atom. The molecule has 3 aromatic rings. The number of nitrogens with one attached hydrogen (secondary N) is 1. The molecule has 0 unspecified atom stereocenters. The van der Waals surface area contributed by atoms with Crippen molar-refractivity contribution in [2.24, 2.45) is 0 Å². The number of fused-ring (bicyclic) bond motifs is 1. The summed E-state index contributed by atoms with van der Waals surface area (Å²) in [6, 6.07) is 16.7. The van der Waals surface area contributed by atoms with Crippen LogP contribution in [0.2, 0.25) is 0 Å². The molecule has 9 heteroatoms. The lowest BCUT2D eigenvalue weighted by Gasteiger charge is -2.17. The van der Waals surface area contributed by atoms with E-state index in [4.69, 9.17) is 4.74 Å². The second-order valence-corrected chi connectivity index (χ2v) is 10.6. The summed E-state index contributed by atoms with van der Waals surface area (Å²) in [4.78, 5) is 0.146. The third-order valence-corrected chi connectivity index (χ3v) is 8.25. The molecule has 1 saturated heterocycles. The van der Waals surface area contributed by atoms with E-state index in [2.05, 4.69) is 4.72 Å². The Hall–Kier alpha value is -2.78. The van der Waals surface area contributed by atoms with Gasteiger partial charge in [-0.05, 0) is 49.7 Å². The monoisotopic (exact) mass is 446 g/mol. The van der Waals surface area contributed by atoms with Gasteiger partial charge < -0.3 is 4.74 Å². The molecule has 0 atom stereocenters. The van der Waals surface area contributed by atoms with Gasteiger partial charge >= 0.3 is 0 Å². The van der Waals surface area contributed by atoms with E-state index in [9.17, 15) is 16.8 Å². The first-order valence-electron chi connectivity index (χ1n) is 9.60. The van der Waals surface area contributed by atoms with E-state index in [1.165, 1.54) is 10.4 Å². The summed E-state index contributed by atoms with van der Waals surface area (Å²) in [6.07, 6.45) is 0.585. The zero-order chi connectivity index (χ0) is 21.4. The maximum Gasteiger partial charge on any atom is 0.262 e. The summed E-state index contributed by atoms with van der Waals surface area (Å²) in [5.41, 5.74) is 0.885. The van der Waals surface area contributed by atoms with Crippen LogP contribution in [-0.2, 0) is 20.0 Å². The quantitative estimate of drug-likeness (QED) is 0.625. The van der Waals surface area contributed by atoms with Crippen LogP contribution < -0.4 is 13.8 Å². The molecule has 1 fully saturated rings. The molecule has 0 bridgehead atoms. The Balaban J connectivity index is 1.65. The largest absolute Gasteiger partial charge is 0.493 e. The Morgan fingerprint density at radius 1 is 1.00 bits per heavy atom. The predicted octanol–water partition coefficient (Wildman–Crippen LogP) is 3.58. The Morgan fingerprint density at radius 2 is 1.70 bits per heavy atom. The Kier molecular flexibility index (Phi) is 5.33. The number of hydrogen-bond donors (Lipinski definition) is 1. The zero-order valence-electron chi connectivity index (χ0n) is 16.4. The molecule has 0 aromatic heterocycles. The average molecular weight is 447 g/mol. The van der Waals surface area contributed by atoms with Gasteiger partial charge in [0.15, 0.2) is 0 Å². The van der Waals surface area contributed by atoms with Crippen LogP contribution in [0.5, 0.6) is 5.75 Å². The molecule has 3 aromatic carbocycles. The first-order valence-corrected chi connectivity index (χ1v) is 12.7. The fourth-order valence-electron chi connectivity index (χ4n) is 3.59. The summed E-state index contributed by atoms with van der Waals surface area (Å²) >= 11 is 0. The van der Waals surface area contributed by atoms with E-state index in [0.29, 0.717) is 42.1 Å². The predicted molar refractivity (Wildman–Crippen MR) is 118 cm³/mol. The molecule has 158 valence electrons. The molecule has 1 aliphatic heterocycles. The number of ether oxygens (including phenoxy) is 1. The zero-order valence-corrected chi connectivity index (χ0v) is 18.0. The molecule has 0 saturated carbocycles. The average Bonchev–Trinajstić information content (AvgIpc) is 3.07. The minimum atomic E-state index is -3.86. The third-order valence-electron chi connectivity index (χ3n) is 4.94. The first-order chi connectivity index (χ1) is 14.3. The number of sulfonamides is 2. The van der Waals surface area contributed by atoms with Crippen molar-refractivity contribution in [3.8, 4) is 5.75 Å². The van der Waals surface area contributed by atoms with Gasteiger partial charge in [0.1, 0.15) is 5.75 Å². The highest BCUT2D eigenvalue weighted by Gasteiger charge is 2.28. The van der Waals surface area contributed by atoms with Gasteiger partial charge in [0.05, 0.1) is 22.9 Å². The molecule has 0 aliphatic carbocycles. The number of anilines is 2. The van der Waals surface area contributed by atoms with Crippen LogP contribution in [-0.4, -0.2) is 35.7 Å². The number of rotatable bonds is 6. The molecule has 7 nitrogen and oxygen atoms in total. The summed E-state index contributed by atoms with van der Waals surface area (Å²) in [6.45, 7) is 2.79. The van der Waals surface area contributed by atoms with Gasteiger partial charge in [-0.25, -0.2) is 16.8 Å². The fraction of sp³-hybridized carbons (Fsp3) is 0.238. The van der Waals surface area contributed by atoms with Crippen LogP contribution in [0.3, 0.4) is 0 Å². The highest BCUT2D eigenvalue weighted by Crippen LogP contribution is 2.32. The van der Waals surface area contributed by atoms with Crippen LogP contribution in [0.25, 0.3) is 10.8 Å². The van der Waals surface area contributed by atoms with Crippen molar-refractivity contribution in [2.75, 3.05) is 27.9 Å². The highest BCUT2D eigenvalue weighted by molar-refractivity contribution is 7.93. The van der Waals surface area contributed by atoms with E-state index in [-0.39, 0.29) is 10.6 Å². The van der Waals surface area contributed by atoms with Gasteiger partial charge in [-0.1, -0.05) is 24.3 Å². The normalized spacial score (nSPS) is 16.0. The van der Waals surface area contributed by atoms with Gasteiger partial charge in [0, 0.05) is 23.0 Å². The molecule has 0 radical (unpaired) electrons. The third kappa shape index (κ3) is 3.82. The van der Waals surface area contributed by atoms with Crippen LogP contribution >= 0.6 is 0 Å². The van der Waals surface area contributed by atoms with E-state index in [1.54, 1.807) is 42.5 Å². The van der Waals surface area contributed by atoms with E-state index >= 15 is 0 Å². The minimum Gasteiger partial charge on any atom is -0.493 e. The molecule has 1 aliphatic rings. The summed E-state index contributed by atoms with van der Waals surface area (Å²) in [5.74, 6) is 0.759. The Bertz CT molecular complexity index is 1290. The molecule has 1 N–H and O–H groups in total. The van der Waals surface area contributed by atoms with Crippen LogP contribution in [0.15, 0.2) is 65.6 Å². The second kappa shape index (κ2) is 7.81. The lowest BCUT2D eigenvalue weighted by Crippen LogP contribution is -2.25. The van der Waals surface area contributed by atoms with Crippen molar-refractivity contribution < 1.29 is 21.6 Å². The van der Waals surface area contributed by atoms with Crippen LogP contribution in [0.1, 0.15) is 13.3 Å². The maximum atomic E-state index is 13.1. The van der Waals surface area contributed by atoms with Crippen LogP contribution in [0.4, 0.5) is 11.4 Å². The molecule has 4 rings (SSSR count). The number of benzene rings is 3. The summed E-state index contributed by atoms with van der Waals surface area (Å²) < 4.78 is 59.8. The maximum absolute atomic E-state index is 13.1. The first kappa shape index (κ1) is 20.5. The van der Waals surface area contributed by atoms with Gasteiger partial charge in [-0.2, -0.15) is 0 Å². The van der Waals surface area contributed by atoms with Crippen molar-refractivity contribution in [1.29, 1.82) is 0 Å². The van der Waals surface area contributed by atoms with Crippen molar-refractivity contribution >= 4 is 42.2 Å². The van der Waals surface area contributed by atoms with E-state index in [0.717, 1.165) is 5.39 Å². The second-order valence-electron chi connectivity index (χ2n) is 6.93. The molecule has 0 amide bonds. The summed E-state index contributed by atoms with van der Waals surface area (Å²) in [5, 5.41) is 1.28. The van der Waals surface area contributed by atoms with Crippen molar-refractivity contribution in [3.63, 3.8) is 0 Å². The fourth-order valence-corrected chi connectivity index (χ4v) is 6.43. The lowest BCUT2D eigenvalue weighted by molar-refractivity contribution is 0.344. The van der Waals surface area contributed by atoms with Crippen molar-refractivity contribution in [2.45, 2.75) is 18.2 Å². The Labute approximate surface area is 176 Å². The SMILES string of the molecule is CCOc1ccc(S(=O)(=O)Nc2ccc(N3CCCS3(=O)=O)cc2)c2ccccc12. The molecule has 1 heterocycles. The summed E-state index contributed by atoms with van der Waals surface area (Å²) in [7, 11) is -7.15. The molecular formula is C21H22N2O5S2. The van der Waals surface area contributed by atoms with E-state index < -0.39 is 20.0 Å². The van der Waals surface area contributed by atoms with Crippen molar-refractivity contribution in [1.82, 2.24) is 0 Å². The minimum absolute atomic E-state index is 0.131. The van der Waals surface area contributed by atoms with Gasteiger partial charge in [0.25, 0.3) is 10.0 Å². The molecule has 30 heavy (non-hydrogen) atoms. The molecular weight excluding hydrogens is 424 g/mol.